The summed E-state index contributed by atoms with van der Waals surface area (Å²) in [6.07, 6.45) is 0. The average molecular weight is 290 g/mol. The van der Waals surface area contributed by atoms with E-state index < -0.39 is 24.5 Å². The molecule has 0 unspecified atom stereocenters. The number of carbonyl (C=O) groups is 3. The van der Waals surface area contributed by atoms with E-state index in [0.29, 0.717) is 19.8 Å². The summed E-state index contributed by atoms with van der Waals surface area (Å²) in [5.74, 6) is -1.71. The van der Waals surface area contributed by atoms with Crippen LogP contribution >= 0.6 is 0 Å². The first-order chi connectivity index (χ1) is 9.41. The third-order valence-corrected chi connectivity index (χ3v) is 2.06. The quantitative estimate of drug-likeness (QED) is 0.348. The summed E-state index contributed by atoms with van der Waals surface area (Å²) in [5, 5.41) is 15.3. The normalized spacial score (nSPS) is 10.2. The molecule has 116 valence electrons. The fourth-order valence-corrected chi connectivity index (χ4v) is 1.05. The van der Waals surface area contributed by atoms with Crippen molar-refractivity contribution in [2.24, 2.45) is 0 Å². The monoisotopic (exact) mass is 290 g/mol. The molecular formula is C11H22N4O5. The van der Waals surface area contributed by atoms with E-state index in [1.807, 2.05) is 19.0 Å². The Morgan fingerprint density at radius 3 is 2.35 bits per heavy atom. The number of aliphatic carboxylic acids is 1. The largest absolute Gasteiger partial charge is 0.480 e. The van der Waals surface area contributed by atoms with Crippen LogP contribution in [0.15, 0.2) is 0 Å². The molecule has 0 aliphatic carbocycles. The number of ether oxygens (including phenoxy) is 1. The Kier molecular flexibility index (Phi) is 9.97. The molecule has 0 aromatic carbocycles. The maximum atomic E-state index is 11.2. The lowest BCUT2D eigenvalue weighted by atomic mass is 10.5. The predicted molar refractivity (Wildman–Crippen MR) is 71.4 cm³/mol. The summed E-state index contributed by atoms with van der Waals surface area (Å²) in [5.41, 5.74) is 0. The van der Waals surface area contributed by atoms with Gasteiger partial charge in [-0.15, -0.1) is 0 Å². The van der Waals surface area contributed by atoms with Crippen molar-refractivity contribution >= 4 is 17.9 Å². The van der Waals surface area contributed by atoms with Crippen molar-refractivity contribution in [1.29, 1.82) is 0 Å². The fourth-order valence-electron chi connectivity index (χ4n) is 1.05. The minimum Gasteiger partial charge on any atom is -0.480 e. The van der Waals surface area contributed by atoms with Crippen molar-refractivity contribution in [3.05, 3.63) is 0 Å². The molecule has 20 heavy (non-hydrogen) atoms. The Morgan fingerprint density at radius 2 is 1.75 bits per heavy atom. The first-order valence-electron chi connectivity index (χ1n) is 6.14. The molecule has 0 aliphatic heterocycles. The number of carboxylic acids is 1. The molecule has 9 heteroatoms. The molecular weight excluding hydrogens is 268 g/mol. The van der Waals surface area contributed by atoms with Gasteiger partial charge in [0.2, 0.25) is 5.91 Å². The molecule has 0 fully saturated rings. The second kappa shape index (κ2) is 11.0. The van der Waals surface area contributed by atoms with Gasteiger partial charge in [-0.25, -0.2) is 4.79 Å². The van der Waals surface area contributed by atoms with Crippen molar-refractivity contribution in [2.45, 2.75) is 0 Å². The van der Waals surface area contributed by atoms with E-state index >= 15 is 0 Å². The first kappa shape index (κ1) is 18.1. The highest BCUT2D eigenvalue weighted by Gasteiger charge is 2.05. The summed E-state index contributed by atoms with van der Waals surface area (Å²) in [6, 6.07) is -0.508. The highest BCUT2D eigenvalue weighted by Crippen LogP contribution is 1.78. The lowest BCUT2D eigenvalue weighted by Crippen LogP contribution is -2.43. The van der Waals surface area contributed by atoms with Crippen molar-refractivity contribution in [3.63, 3.8) is 0 Å². The van der Waals surface area contributed by atoms with Crippen LogP contribution in [0.4, 0.5) is 4.79 Å². The zero-order valence-electron chi connectivity index (χ0n) is 11.8. The fraction of sp³-hybridized carbons (Fsp3) is 0.727. The van der Waals surface area contributed by atoms with E-state index in [0.717, 1.165) is 6.54 Å². The highest BCUT2D eigenvalue weighted by atomic mass is 16.5. The van der Waals surface area contributed by atoms with Crippen LogP contribution in [0.3, 0.4) is 0 Å². The average Bonchev–Trinajstić information content (AvgIpc) is 2.37. The number of carbonyl (C=O) groups excluding carboxylic acids is 2. The zero-order chi connectivity index (χ0) is 15.4. The minimum absolute atomic E-state index is 0.277. The van der Waals surface area contributed by atoms with Crippen LogP contribution in [0.1, 0.15) is 0 Å². The van der Waals surface area contributed by atoms with Crippen LogP contribution in [-0.2, 0) is 14.3 Å². The van der Waals surface area contributed by atoms with Crippen molar-refractivity contribution < 1.29 is 24.2 Å². The summed E-state index contributed by atoms with van der Waals surface area (Å²) < 4.78 is 5.26. The smallest absolute Gasteiger partial charge is 0.322 e. The molecule has 4 N–H and O–H groups in total. The molecule has 0 aromatic rings. The molecule has 0 spiro atoms. The number of hydrogen-bond donors (Lipinski definition) is 4. The zero-order valence-corrected chi connectivity index (χ0v) is 11.8. The molecule has 0 heterocycles. The van der Waals surface area contributed by atoms with Crippen LogP contribution < -0.4 is 16.0 Å². The number of urea groups is 1. The Balaban J connectivity index is 3.45. The van der Waals surface area contributed by atoms with Gasteiger partial charge in [-0.05, 0) is 14.1 Å². The minimum atomic E-state index is -1.14. The Hall–Kier alpha value is -1.87. The van der Waals surface area contributed by atoms with Gasteiger partial charge < -0.3 is 30.7 Å². The van der Waals surface area contributed by atoms with Crippen molar-refractivity contribution in [3.8, 4) is 0 Å². The number of hydrogen-bond acceptors (Lipinski definition) is 5. The summed E-state index contributed by atoms with van der Waals surface area (Å²) in [6.45, 7) is 1.34. The molecule has 0 saturated carbocycles. The number of carboxylic acid groups (broad SMARTS) is 1. The van der Waals surface area contributed by atoms with Crippen LogP contribution in [0.2, 0.25) is 0 Å². The van der Waals surface area contributed by atoms with E-state index in [1.165, 1.54) is 0 Å². The number of nitrogens with one attached hydrogen (secondary N) is 3. The van der Waals surface area contributed by atoms with E-state index in [4.69, 9.17) is 9.84 Å². The SMILES string of the molecule is CN(C)CCOCCNC(=O)NCC(=O)NCC(=O)O. The van der Waals surface area contributed by atoms with Gasteiger partial charge in [0.1, 0.15) is 6.54 Å². The molecule has 0 aliphatic rings. The summed E-state index contributed by atoms with van der Waals surface area (Å²) in [7, 11) is 3.87. The lowest BCUT2D eigenvalue weighted by molar-refractivity contribution is -0.137. The van der Waals surface area contributed by atoms with E-state index in [1.54, 1.807) is 0 Å². The standard InChI is InChI=1S/C11H22N4O5/c1-15(2)4-6-20-5-3-12-11(19)14-7-9(16)13-8-10(17)18/h3-8H2,1-2H3,(H,13,16)(H,17,18)(H2,12,14,19). The van der Waals surface area contributed by atoms with Gasteiger partial charge in [0, 0.05) is 13.1 Å². The molecule has 0 aromatic heterocycles. The van der Waals surface area contributed by atoms with Gasteiger partial charge in [-0.2, -0.15) is 0 Å². The van der Waals surface area contributed by atoms with E-state index in [2.05, 4.69) is 16.0 Å². The topological polar surface area (TPSA) is 120 Å². The van der Waals surface area contributed by atoms with E-state index in [-0.39, 0.29) is 6.54 Å². The number of amides is 3. The van der Waals surface area contributed by atoms with Crippen LogP contribution in [0.5, 0.6) is 0 Å². The predicted octanol–water partition coefficient (Wildman–Crippen LogP) is -1.94. The first-order valence-corrected chi connectivity index (χ1v) is 6.14. The van der Waals surface area contributed by atoms with Gasteiger partial charge >= 0.3 is 12.0 Å². The summed E-state index contributed by atoms with van der Waals surface area (Å²) >= 11 is 0. The number of rotatable bonds is 10. The van der Waals surface area contributed by atoms with Crippen molar-refractivity contribution in [2.75, 3.05) is 53.5 Å². The van der Waals surface area contributed by atoms with Crippen LogP contribution in [0.25, 0.3) is 0 Å². The molecule has 0 atom stereocenters. The van der Waals surface area contributed by atoms with Crippen molar-refractivity contribution in [1.82, 2.24) is 20.9 Å². The van der Waals surface area contributed by atoms with Crippen LogP contribution in [0, 0.1) is 0 Å². The molecule has 3 amide bonds. The Morgan fingerprint density at radius 1 is 1.05 bits per heavy atom. The third kappa shape index (κ3) is 12.6. The second-order valence-corrected chi connectivity index (χ2v) is 4.20. The highest BCUT2D eigenvalue weighted by molar-refractivity contribution is 5.86. The van der Waals surface area contributed by atoms with Gasteiger partial charge in [-0.1, -0.05) is 0 Å². The van der Waals surface area contributed by atoms with E-state index in [9.17, 15) is 14.4 Å². The number of likely N-dealkylation sites (N-methyl/N-ethyl adjacent to an activating group) is 1. The third-order valence-electron chi connectivity index (χ3n) is 2.06. The maximum Gasteiger partial charge on any atom is 0.322 e. The molecule has 0 bridgehead atoms. The van der Waals surface area contributed by atoms with Crippen LogP contribution in [-0.4, -0.2) is 81.4 Å². The van der Waals surface area contributed by atoms with Gasteiger partial charge in [0.25, 0.3) is 0 Å². The molecule has 0 saturated heterocycles. The Bertz CT molecular complexity index is 322. The number of nitrogens with zero attached hydrogens (tertiary/aromatic N) is 1. The molecule has 0 rings (SSSR count). The van der Waals surface area contributed by atoms with Gasteiger partial charge in [0.15, 0.2) is 0 Å². The van der Waals surface area contributed by atoms with Gasteiger partial charge in [0.05, 0.1) is 19.8 Å². The van der Waals surface area contributed by atoms with Gasteiger partial charge in [-0.3, -0.25) is 9.59 Å². The Labute approximate surface area is 117 Å². The lowest BCUT2D eigenvalue weighted by Gasteiger charge is -2.10. The second-order valence-electron chi connectivity index (χ2n) is 4.20. The molecule has 0 radical (unpaired) electrons. The maximum absolute atomic E-state index is 11.2. The summed E-state index contributed by atoms with van der Waals surface area (Å²) in [4.78, 5) is 34.5. The molecule has 9 nitrogen and oxygen atoms in total.